The third kappa shape index (κ3) is 2.25. The van der Waals surface area contributed by atoms with E-state index in [1.165, 1.54) is 13.2 Å². The minimum absolute atomic E-state index is 0.0249. The fraction of sp³-hybridized carbons (Fsp3) is 0.222. The van der Waals surface area contributed by atoms with Gasteiger partial charge in [-0.15, -0.1) is 0 Å². The van der Waals surface area contributed by atoms with Gasteiger partial charge in [0.25, 0.3) is 0 Å². The summed E-state index contributed by atoms with van der Waals surface area (Å²) >= 11 is 8.62. The molecule has 0 saturated carbocycles. The molecule has 14 heavy (non-hydrogen) atoms. The van der Waals surface area contributed by atoms with Crippen LogP contribution in [0.2, 0.25) is 5.02 Å². The van der Waals surface area contributed by atoms with E-state index in [9.17, 15) is 9.18 Å². The van der Waals surface area contributed by atoms with Crippen molar-refractivity contribution in [2.45, 2.75) is 0 Å². The van der Waals surface area contributed by atoms with Crippen molar-refractivity contribution >= 4 is 33.3 Å². The van der Waals surface area contributed by atoms with Gasteiger partial charge in [-0.05, 0) is 12.1 Å². The van der Waals surface area contributed by atoms with Crippen LogP contribution in [-0.4, -0.2) is 18.2 Å². The third-order valence-corrected chi connectivity index (χ3v) is 2.47. The van der Waals surface area contributed by atoms with Gasteiger partial charge < -0.3 is 4.74 Å². The molecule has 0 amide bonds. The zero-order chi connectivity index (χ0) is 10.7. The maximum absolute atomic E-state index is 13.2. The van der Waals surface area contributed by atoms with Crippen molar-refractivity contribution in [1.82, 2.24) is 0 Å². The highest BCUT2D eigenvalue weighted by molar-refractivity contribution is 9.09. The molecule has 0 unspecified atom stereocenters. The number of ether oxygens (including phenoxy) is 1. The number of carbonyl (C=O) groups is 1. The van der Waals surface area contributed by atoms with Crippen LogP contribution >= 0.6 is 27.5 Å². The van der Waals surface area contributed by atoms with Gasteiger partial charge in [0, 0.05) is 0 Å². The van der Waals surface area contributed by atoms with Gasteiger partial charge in [-0.1, -0.05) is 27.5 Å². The molecule has 1 aromatic rings. The lowest BCUT2D eigenvalue weighted by Crippen LogP contribution is -2.04. The number of alkyl halides is 1. The van der Waals surface area contributed by atoms with E-state index >= 15 is 0 Å². The first-order valence-electron chi connectivity index (χ1n) is 3.72. The second kappa shape index (κ2) is 4.75. The Morgan fingerprint density at radius 1 is 1.64 bits per heavy atom. The number of halogens is 3. The molecule has 0 aromatic heterocycles. The molecule has 0 radical (unpaired) electrons. The maximum atomic E-state index is 13.2. The van der Waals surface area contributed by atoms with Gasteiger partial charge in [-0.25, -0.2) is 4.39 Å². The molecule has 1 rings (SSSR count). The van der Waals surface area contributed by atoms with Crippen molar-refractivity contribution in [1.29, 1.82) is 0 Å². The Bertz CT molecular complexity index is 368. The number of benzene rings is 1. The Morgan fingerprint density at radius 3 is 2.79 bits per heavy atom. The summed E-state index contributed by atoms with van der Waals surface area (Å²) in [4.78, 5) is 11.2. The van der Waals surface area contributed by atoms with Crippen LogP contribution in [0.4, 0.5) is 4.39 Å². The molecule has 0 N–H and O–H groups in total. The van der Waals surface area contributed by atoms with Crippen molar-refractivity contribution in [3.05, 3.63) is 28.5 Å². The Morgan fingerprint density at radius 2 is 2.29 bits per heavy atom. The highest BCUT2D eigenvalue weighted by Crippen LogP contribution is 2.27. The first kappa shape index (κ1) is 11.5. The average Bonchev–Trinajstić information content (AvgIpc) is 2.17. The van der Waals surface area contributed by atoms with E-state index in [1.807, 2.05) is 0 Å². The Balaban J connectivity index is 3.24. The lowest BCUT2D eigenvalue weighted by Gasteiger charge is -2.06. The second-order valence-corrected chi connectivity index (χ2v) is 3.49. The maximum Gasteiger partial charge on any atom is 0.176 e. The summed E-state index contributed by atoms with van der Waals surface area (Å²) in [6.45, 7) is 0. The molecule has 0 atom stereocenters. The van der Waals surface area contributed by atoms with Crippen LogP contribution in [0, 0.1) is 5.82 Å². The quantitative estimate of drug-likeness (QED) is 0.629. The fourth-order valence-electron chi connectivity index (χ4n) is 0.971. The van der Waals surface area contributed by atoms with Gasteiger partial charge in [0.15, 0.2) is 5.78 Å². The Kier molecular flexibility index (Phi) is 3.89. The lowest BCUT2D eigenvalue weighted by molar-refractivity contribution is 0.101. The van der Waals surface area contributed by atoms with E-state index < -0.39 is 5.82 Å². The highest BCUT2D eigenvalue weighted by Gasteiger charge is 2.14. The van der Waals surface area contributed by atoms with Crippen molar-refractivity contribution in [2.24, 2.45) is 0 Å². The van der Waals surface area contributed by atoms with Crippen LogP contribution in [-0.2, 0) is 0 Å². The van der Waals surface area contributed by atoms with Gasteiger partial charge in [0.05, 0.1) is 23.0 Å². The summed E-state index contributed by atoms with van der Waals surface area (Å²) in [5.41, 5.74) is -0.0249. The first-order chi connectivity index (χ1) is 6.60. The zero-order valence-electron chi connectivity index (χ0n) is 7.31. The predicted molar refractivity (Wildman–Crippen MR) is 56.1 cm³/mol. The minimum Gasteiger partial charge on any atom is -0.495 e. The first-order valence-corrected chi connectivity index (χ1v) is 5.22. The number of methoxy groups -OCH3 is 1. The summed E-state index contributed by atoms with van der Waals surface area (Å²) in [5, 5.41) is 0.213. The fourth-order valence-corrected chi connectivity index (χ4v) is 1.50. The number of rotatable bonds is 3. The number of hydrogen-bond donors (Lipinski definition) is 0. The van der Waals surface area contributed by atoms with Crippen molar-refractivity contribution < 1.29 is 13.9 Å². The Labute approximate surface area is 94.1 Å². The molecular weight excluding hydrogens is 274 g/mol. The molecule has 0 heterocycles. The monoisotopic (exact) mass is 280 g/mol. The summed E-state index contributed by atoms with van der Waals surface area (Å²) in [7, 11) is 1.40. The smallest absolute Gasteiger partial charge is 0.176 e. The van der Waals surface area contributed by atoms with E-state index in [2.05, 4.69) is 15.9 Å². The standard InChI is InChI=1S/C9H7BrClFO2/c1-14-9-2-5(8(13)4-10)7(12)3-6(9)11/h2-3H,4H2,1H3. The predicted octanol–water partition coefficient (Wildman–Crippen LogP) is 3.07. The molecule has 0 bridgehead atoms. The zero-order valence-corrected chi connectivity index (χ0v) is 9.65. The van der Waals surface area contributed by atoms with Crippen LogP contribution in [0.1, 0.15) is 10.4 Å². The third-order valence-electron chi connectivity index (χ3n) is 1.66. The SMILES string of the molecule is COc1cc(C(=O)CBr)c(F)cc1Cl. The number of carbonyl (C=O) groups excluding carboxylic acids is 1. The van der Waals surface area contributed by atoms with Gasteiger partial charge in [0.1, 0.15) is 11.6 Å². The van der Waals surface area contributed by atoms with Gasteiger partial charge >= 0.3 is 0 Å². The molecular formula is C9H7BrClFO2. The molecule has 0 spiro atoms. The number of hydrogen-bond acceptors (Lipinski definition) is 2. The molecule has 0 aliphatic rings. The van der Waals surface area contributed by atoms with Crippen molar-refractivity contribution in [2.75, 3.05) is 12.4 Å². The molecule has 5 heteroatoms. The van der Waals surface area contributed by atoms with E-state index in [0.717, 1.165) is 6.07 Å². The van der Waals surface area contributed by atoms with E-state index in [4.69, 9.17) is 16.3 Å². The summed E-state index contributed by atoms with van der Waals surface area (Å²) in [6, 6.07) is 2.36. The number of Topliss-reactive ketones (excluding diaryl/α,β-unsaturated/α-hetero) is 1. The minimum atomic E-state index is -0.639. The molecule has 0 aliphatic heterocycles. The van der Waals surface area contributed by atoms with Gasteiger partial charge in [-0.3, -0.25) is 4.79 Å². The molecule has 0 aliphatic carbocycles. The van der Waals surface area contributed by atoms with E-state index in [0.29, 0.717) is 0 Å². The summed E-state index contributed by atoms with van der Waals surface area (Å²) in [6.07, 6.45) is 0. The summed E-state index contributed by atoms with van der Waals surface area (Å²) < 4.78 is 18.1. The van der Waals surface area contributed by atoms with Crippen LogP contribution in [0.5, 0.6) is 5.75 Å². The molecule has 2 nitrogen and oxygen atoms in total. The molecule has 76 valence electrons. The largest absolute Gasteiger partial charge is 0.495 e. The Hall–Kier alpha value is -0.610. The van der Waals surface area contributed by atoms with Crippen molar-refractivity contribution in [3.8, 4) is 5.75 Å². The van der Waals surface area contributed by atoms with Crippen molar-refractivity contribution in [3.63, 3.8) is 0 Å². The molecule has 0 saturated heterocycles. The topological polar surface area (TPSA) is 26.3 Å². The van der Waals surface area contributed by atoms with Gasteiger partial charge in [0.2, 0.25) is 0 Å². The van der Waals surface area contributed by atoms with Gasteiger partial charge in [-0.2, -0.15) is 0 Å². The molecule has 1 aromatic carbocycles. The lowest BCUT2D eigenvalue weighted by atomic mass is 10.1. The molecule has 0 fully saturated rings. The van der Waals surface area contributed by atoms with Crippen LogP contribution < -0.4 is 4.74 Å². The van der Waals surface area contributed by atoms with E-state index in [1.54, 1.807) is 0 Å². The second-order valence-electron chi connectivity index (χ2n) is 2.52. The van der Waals surface area contributed by atoms with E-state index in [-0.39, 0.29) is 27.4 Å². The number of ketones is 1. The average molecular weight is 282 g/mol. The summed E-state index contributed by atoms with van der Waals surface area (Å²) in [5.74, 6) is -0.699. The normalized spacial score (nSPS) is 10.0. The van der Waals surface area contributed by atoms with Crippen LogP contribution in [0.3, 0.4) is 0 Å². The van der Waals surface area contributed by atoms with Crippen LogP contribution in [0.15, 0.2) is 12.1 Å². The highest BCUT2D eigenvalue weighted by atomic mass is 79.9. The van der Waals surface area contributed by atoms with Crippen LogP contribution in [0.25, 0.3) is 0 Å².